The highest BCUT2D eigenvalue weighted by Gasteiger charge is 2.50. The van der Waals surface area contributed by atoms with Gasteiger partial charge in [0, 0.05) is 19.0 Å². The van der Waals surface area contributed by atoms with Gasteiger partial charge in [-0.05, 0) is 19.8 Å². The van der Waals surface area contributed by atoms with Crippen LogP contribution in [0.2, 0.25) is 0 Å². The van der Waals surface area contributed by atoms with Gasteiger partial charge in [-0.1, -0.05) is 0 Å². The van der Waals surface area contributed by atoms with Crippen molar-refractivity contribution in [1.82, 2.24) is 4.90 Å². The first kappa shape index (κ1) is 9.49. The molecule has 4 heteroatoms. The average Bonchev–Trinajstić information content (AvgIpc) is 2.84. The first-order valence-corrected chi connectivity index (χ1v) is 5.20. The molecule has 2 unspecified atom stereocenters. The second kappa shape index (κ2) is 3.59. The van der Waals surface area contributed by atoms with Gasteiger partial charge in [0.05, 0.1) is 12.5 Å². The maximum absolute atomic E-state index is 11.4. The first-order chi connectivity index (χ1) is 6.74. The number of esters is 1. The molecule has 2 fully saturated rings. The smallest absolute Gasteiger partial charge is 0.311 e. The fourth-order valence-corrected chi connectivity index (χ4v) is 2.05. The van der Waals surface area contributed by atoms with Crippen molar-refractivity contribution in [2.45, 2.75) is 32.2 Å². The van der Waals surface area contributed by atoms with E-state index in [1.807, 2.05) is 4.90 Å². The van der Waals surface area contributed by atoms with Gasteiger partial charge in [-0.3, -0.25) is 9.59 Å². The molecule has 1 amide bonds. The van der Waals surface area contributed by atoms with Crippen molar-refractivity contribution in [3.8, 4) is 0 Å². The molecule has 0 spiro atoms. The predicted molar refractivity (Wildman–Crippen MR) is 49.5 cm³/mol. The zero-order valence-corrected chi connectivity index (χ0v) is 8.36. The van der Waals surface area contributed by atoms with Crippen LogP contribution in [0.15, 0.2) is 0 Å². The van der Waals surface area contributed by atoms with Crippen LogP contribution in [0.4, 0.5) is 0 Å². The van der Waals surface area contributed by atoms with E-state index in [0.717, 1.165) is 19.4 Å². The van der Waals surface area contributed by atoms with Crippen molar-refractivity contribution in [2.24, 2.45) is 5.92 Å². The first-order valence-electron chi connectivity index (χ1n) is 5.20. The molecule has 0 aromatic rings. The summed E-state index contributed by atoms with van der Waals surface area (Å²) < 4.78 is 4.91. The zero-order chi connectivity index (χ0) is 10.1. The summed E-state index contributed by atoms with van der Waals surface area (Å²) in [5, 5.41) is 0. The molecule has 2 rings (SSSR count). The fraction of sp³-hybridized carbons (Fsp3) is 0.800. The lowest BCUT2D eigenvalue weighted by Crippen LogP contribution is -2.29. The van der Waals surface area contributed by atoms with Crippen LogP contribution in [0, 0.1) is 5.92 Å². The van der Waals surface area contributed by atoms with E-state index >= 15 is 0 Å². The van der Waals surface area contributed by atoms with Crippen molar-refractivity contribution in [3.05, 3.63) is 0 Å². The summed E-state index contributed by atoms with van der Waals surface area (Å²) in [5.74, 6) is 0.0102. The summed E-state index contributed by atoms with van der Waals surface area (Å²) in [5.41, 5.74) is 0. The molecule has 4 nitrogen and oxygen atoms in total. The Morgan fingerprint density at radius 3 is 3.00 bits per heavy atom. The molecule has 2 aliphatic rings. The predicted octanol–water partition coefficient (Wildman–Crippen LogP) is 0.560. The van der Waals surface area contributed by atoms with Gasteiger partial charge in [0.2, 0.25) is 5.91 Å². The van der Waals surface area contributed by atoms with Crippen LogP contribution in [-0.2, 0) is 14.3 Å². The van der Waals surface area contributed by atoms with Crippen LogP contribution in [0.3, 0.4) is 0 Å². The fourth-order valence-electron chi connectivity index (χ4n) is 2.05. The monoisotopic (exact) mass is 197 g/mol. The Balaban J connectivity index is 1.86. The van der Waals surface area contributed by atoms with Crippen molar-refractivity contribution in [1.29, 1.82) is 0 Å². The summed E-state index contributed by atoms with van der Waals surface area (Å²) in [7, 11) is 0. The largest absolute Gasteiger partial charge is 0.466 e. The molecule has 0 N–H and O–H groups in total. The second-order valence-electron chi connectivity index (χ2n) is 3.85. The number of nitrogens with zero attached hydrogens (tertiary/aromatic N) is 1. The maximum Gasteiger partial charge on any atom is 0.311 e. The molecule has 1 aliphatic heterocycles. The normalized spacial score (nSPS) is 30.6. The molecule has 0 aromatic carbocycles. The van der Waals surface area contributed by atoms with Gasteiger partial charge in [0.15, 0.2) is 0 Å². The SMILES string of the molecule is CCOC(=O)C1CC1N1CCCC1=O. The van der Waals surface area contributed by atoms with Crippen molar-refractivity contribution < 1.29 is 14.3 Å². The van der Waals surface area contributed by atoms with Crippen LogP contribution in [0.5, 0.6) is 0 Å². The van der Waals surface area contributed by atoms with Crippen LogP contribution >= 0.6 is 0 Å². The Labute approximate surface area is 83.2 Å². The van der Waals surface area contributed by atoms with E-state index < -0.39 is 0 Å². The average molecular weight is 197 g/mol. The number of carbonyl (C=O) groups is 2. The lowest BCUT2D eigenvalue weighted by molar-refractivity contribution is -0.145. The van der Waals surface area contributed by atoms with Gasteiger partial charge < -0.3 is 9.64 Å². The summed E-state index contributed by atoms with van der Waals surface area (Å²) >= 11 is 0. The third kappa shape index (κ3) is 1.61. The Morgan fingerprint density at radius 1 is 1.64 bits per heavy atom. The minimum absolute atomic E-state index is 0.0444. The zero-order valence-electron chi connectivity index (χ0n) is 8.36. The third-order valence-corrected chi connectivity index (χ3v) is 2.86. The summed E-state index contributed by atoms with van der Waals surface area (Å²) in [6.45, 7) is 3.05. The molecule has 1 saturated carbocycles. The summed E-state index contributed by atoms with van der Waals surface area (Å²) in [6, 6.07) is 0.143. The second-order valence-corrected chi connectivity index (χ2v) is 3.85. The molecule has 1 heterocycles. The minimum Gasteiger partial charge on any atom is -0.466 e. The lowest BCUT2D eigenvalue weighted by Gasteiger charge is -2.14. The van der Waals surface area contributed by atoms with Gasteiger partial charge in [-0.15, -0.1) is 0 Å². The highest BCUT2D eigenvalue weighted by Crippen LogP contribution is 2.38. The van der Waals surface area contributed by atoms with Crippen LogP contribution < -0.4 is 0 Å². The standard InChI is InChI=1S/C10H15NO3/c1-2-14-10(13)7-6-8(7)11-5-3-4-9(11)12/h7-8H,2-6H2,1H3. The van der Waals surface area contributed by atoms with Crippen molar-refractivity contribution in [3.63, 3.8) is 0 Å². The lowest BCUT2D eigenvalue weighted by atomic mass is 10.4. The van der Waals surface area contributed by atoms with Gasteiger partial charge in [0.25, 0.3) is 0 Å². The Bertz CT molecular complexity index is 264. The number of hydrogen-bond acceptors (Lipinski definition) is 3. The third-order valence-electron chi connectivity index (χ3n) is 2.86. The number of carbonyl (C=O) groups excluding carboxylic acids is 2. The van der Waals surface area contributed by atoms with E-state index in [4.69, 9.17) is 4.74 Å². The van der Waals surface area contributed by atoms with Crippen LogP contribution in [0.25, 0.3) is 0 Å². The molecule has 0 bridgehead atoms. The number of hydrogen-bond donors (Lipinski definition) is 0. The molecular formula is C10H15NO3. The molecule has 1 aliphatic carbocycles. The van der Waals surface area contributed by atoms with Gasteiger partial charge in [-0.25, -0.2) is 0 Å². The number of ether oxygens (including phenoxy) is 1. The Kier molecular flexibility index (Phi) is 2.44. The highest BCUT2D eigenvalue weighted by molar-refractivity contribution is 5.82. The van der Waals surface area contributed by atoms with Crippen molar-refractivity contribution in [2.75, 3.05) is 13.2 Å². The molecule has 78 valence electrons. The van der Waals surface area contributed by atoms with Crippen LogP contribution in [-0.4, -0.2) is 36.0 Å². The molecule has 1 saturated heterocycles. The minimum atomic E-state index is -0.141. The highest BCUT2D eigenvalue weighted by atomic mass is 16.5. The molecule has 0 radical (unpaired) electrons. The van der Waals surface area contributed by atoms with E-state index in [9.17, 15) is 9.59 Å². The Morgan fingerprint density at radius 2 is 2.43 bits per heavy atom. The van der Waals surface area contributed by atoms with E-state index in [2.05, 4.69) is 0 Å². The quantitative estimate of drug-likeness (QED) is 0.621. The van der Waals surface area contributed by atoms with E-state index in [1.165, 1.54) is 0 Å². The maximum atomic E-state index is 11.4. The molecule has 0 aromatic heterocycles. The summed E-state index contributed by atoms with van der Waals surface area (Å²) in [4.78, 5) is 24.5. The molecule has 14 heavy (non-hydrogen) atoms. The number of likely N-dealkylation sites (tertiary alicyclic amines) is 1. The Hall–Kier alpha value is -1.06. The van der Waals surface area contributed by atoms with Gasteiger partial charge in [-0.2, -0.15) is 0 Å². The summed E-state index contributed by atoms with van der Waals surface area (Å²) in [6.07, 6.45) is 2.38. The van der Waals surface area contributed by atoms with Crippen LogP contribution in [0.1, 0.15) is 26.2 Å². The molecule has 2 atom stereocenters. The number of amides is 1. The van der Waals surface area contributed by atoms with Crippen molar-refractivity contribution >= 4 is 11.9 Å². The van der Waals surface area contributed by atoms with Gasteiger partial charge in [0.1, 0.15) is 0 Å². The van der Waals surface area contributed by atoms with E-state index in [1.54, 1.807) is 6.92 Å². The number of rotatable bonds is 3. The van der Waals surface area contributed by atoms with E-state index in [-0.39, 0.29) is 23.8 Å². The molecular weight excluding hydrogens is 182 g/mol. The topological polar surface area (TPSA) is 46.6 Å². The van der Waals surface area contributed by atoms with Gasteiger partial charge >= 0.3 is 5.97 Å². The van der Waals surface area contributed by atoms with E-state index in [0.29, 0.717) is 13.0 Å².